The van der Waals surface area contributed by atoms with Crippen LogP contribution < -0.4 is 11.5 Å². The molecule has 0 aliphatic heterocycles. The minimum Gasteiger partial charge on any atom is -0.370 e. The molecule has 7 heteroatoms. The van der Waals surface area contributed by atoms with Crippen LogP contribution in [-0.2, 0) is 6.18 Å². The fourth-order valence-electron chi connectivity index (χ4n) is 1.83. The number of carbonyl (C=O) groups excluding carboxylic acids is 1. The second kappa shape index (κ2) is 5.99. The van der Waals surface area contributed by atoms with Gasteiger partial charge in [-0.2, -0.15) is 18.2 Å². The van der Waals surface area contributed by atoms with Gasteiger partial charge in [0.15, 0.2) is 5.96 Å². The fraction of sp³-hybridized carbons (Fsp3) is 0.286. The van der Waals surface area contributed by atoms with Gasteiger partial charge < -0.3 is 11.5 Å². The Kier molecular flexibility index (Phi) is 4.77. The van der Waals surface area contributed by atoms with E-state index < -0.39 is 23.6 Å². The molecule has 4 N–H and O–H groups in total. The van der Waals surface area contributed by atoms with Gasteiger partial charge in [0.2, 0.25) is 0 Å². The topological polar surface area (TPSA) is 81.5 Å². The Morgan fingerprint density at radius 2 is 1.86 bits per heavy atom. The maximum absolute atomic E-state index is 13.1. The molecule has 114 valence electrons. The van der Waals surface area contributed by atoms with Crippen molar-refractivity contribution >= 4 is 17.4 Å². The number of alkyl halides is 3. The van der Waals surface area contributed by atoms with Gasteiger partial charge in [0, 0.05) is 5.56 Å². The number of hydrogen-bond donors (Lipinski definition) is 2. The van der Waals surface area contributed by atoms with Gasteiger partial charge in [-0.15, -0.1) is 0 Å². The number of aliphatic imine (C=N–C) groups is 1. The van der Waals surface area contributed by atoms with Crippen LogP contribution in [0.5, 0.6) is 0 Å². The highest BCUT2D eigenvalue weighted by Crippen LogP contribution is 2.37. The van der Waals surface area contributed by atoms with E-state index in [0.29, 0.717) is 17.6 Å². The Morgan fingerprint density at radius 1 is 1.29 bits per heavy atom. The molecule has 0 saturated heterocycles. The summed E-state index contributed by atoms with van der Waals surface area (Å²) in [5, 5.41) is 0. The van der Waals surface area contributed by atoms with Crippen molar-refractivity contribution < 1.29 is 18.0 Å². The van der Waals surface area contributed by atoms with Gasteiger partial charge in [-0.1, -0.05) is 19.6 Å². The van der Waals surface area contributed by atoms with Crippen LogP contribution >= 0.6 is 0 Å². The van der Waals surface area contributed by atoms with Gasteiger partial charge >= 0.3 is 6.18 Å². The van der Waals surface area contributed by atoms with Gasteiger partial charge in [0.05, 0.1) is 5.56 Å². The second-order valence-corrected chi connectivity index (χ2v) is 4.51. The first-order chi connectivity index (χ1) is 9.57. The lowest BCUT2D eigenvalue weighted by atomic mass is 9.93. The van der Waals surface area contributed by atoms with Gasteiger partial charge in [-0.05, 0) is 36.1 Å². The molecule has 1 amide bonds. The molecule has 0 saturated carbocycles. The summed E-state index contributed by atoms with van der Waals surface area (Å²) in [5.74, 6) is -1.42. The highest BCUT2D eigenvalue weighted by atomic mass is 19.4. The first kappa shape index (κ1) is 16.7. The minimum absolute atomic E-state index is 0.0243. The number of aryl methyl sites for hydroxylation is 1. The molecule has 0 spiro atoms. The maximum Gasteiger partial charge on any atom is 0.417 e. The lowest BCUT2D eigenvalue weighted by Gasteiger charge is -2.16. The number of hydrogen-bond acceptors (Lipinski definition) is 1. The molecule has 1 rings (SSSR count). The van der Waals surface area contributed by atoms with Crippen molar-refractivity contribution in [3.05, 3.63) is 41.0 Å². The van der Waals surface area contributed by atoms with E-state index in [4.69, 9.17) is 11.5 Å². The van der Waals surface area contributed by atoms with E-state index in [1.165, 1.54) is 13.0 Å². The zero-order valence-electron chi connectivity index (χ0n) is 11.7. The number of benzene rings is 1. The Labute approximate surface area is 120 Å². The lowest BCUT2D eigenvalue weighted by molar-refractivity contribution is -0.137. The number of halogens is 3. The van der Waals surface area contributed by atoms with Crippen LogP contribution in [-0.4, -0.2) is 11.9 Å². The molecule has 0 unspecified atom stereocenters. The van der Waals surface area contributed by atoms with Gasteiger partial charge in [0.1, 0.15) is 0 Å². The molecule has 0 radical (unpaired) electrons. The molecule has 0 aliphatic rings. The number of amides is 1. The third-order valence-electron chi connectivity index (χ3n) is 2.94. The predicted octanol–water partition coefficient (Wildman–Crippen LogP) is 2.85. The first-order valence-corrected chi connectivity index (χ1v) is 6.11. The van der Waals surface area contributed by atoms with Gasteiger partial charge in [0.25, 0.3) is 5.91 Å². The third kappa shape index (κ3) is 3.84. The van der Waals surface area contributed by atoms with Crippen molar-refractivity contribution in [1.82, 2.24) is 0 Å². The molecule has 1 aromatic carbocycles. The average molecular weight is 299 g/mol. The van der Waals surface area contributed by atoms with Gasteiger partial charge in [-0.3, -0.25) is 4.79 Å². The van der Waals surface area contributed by atoms with Crippen LogP contribution in [0.4, 0.5) is 13.2 Å². The van der Waals surface area contributed by atoms with Crippen LogP contribution in [0.25, 0.3) is 5.57 Å². The third-order valence-corrected chi connectivity index (χ3v) is 2.94. The molecular formula is C14H16F3N3O. The van der Waals surface area contributed by atoms with Crippen LogP contribution in [0.2, 0.25) is 0 Å². The molecule has 21 heavy (non-hydrogen) atoms. The van der Waals surface area contributed by atoms with Crippen molar-refractivity contribution in [1.29, 1.82) is 0 Å². The van der Waals surface area contributed by atoms with E-state index in [-0.39, 0.29) is 11.1 Å². The average Bonchev–Trinajstić information content (AvgIpc) is 2.34. The van der Waals surface area contributed by atoms with Crippen LogP contribution in [0, 0.1) is 6.92 Å². The quantitative estimate of drug-likeness (QED) is 0.665. The Bertz CT molecular complexity index is 615. The van der Waals surface area contributed by atoms with Crippen molar-refractivity contribution in [3.8, 4) is 0 Å². The van der Waals surface area contributed by atoms with Crippen LogP contribution in [0.15, 0.2) is 23.7 Å². The largest absolute Gasteiger partial charge is 0.417 e. The summed E-state index contributed by atoms with van der Waals surface area (Å²) in [6, 6.07) is 2.05. The smallest absolute Gasteiger partial charge is 0.370 e. The molecule has 0 aliphatic carbocycles. The van der Waals surface area contributed by atoms with Crippen molar-refractivity contribution in [2.75, 3.05) is 0 Å². The molecule has 0 atom stereocenters. The zero-order chi connectivity index (χ0) is 16.4. The van der Waals surface area contributed by atoms with E-state index in [0.717, 1.165) is 6.07 Å². The molecular weight excluding hydrogens is 283 g/mol. The Balaban J connectivity index is 3.56. The van der Waals surface area contributed by atoms with E-state index >= 15 is 0 Å². The summed E-state index contributed by atoms with van der Waals surface area (Å²) in [5.41, 5.74) is 9.70. The Hall–Kier alpha value is -2.31. The summed E-state index contributed by atoms with van der Waals surface area (Å²) >= 11 is 0. The SMILES string of the molecule is C=C(CC)c1cc(C)c(C(=O)N=C(N)N)cc1C(F)(F)F. The summed E-state index contributed by atoms with van der Waals surface area (Å²) in [6.45, 7) is 6.85. The molecule has 0 aromatic heterocycles. The monoisotopic (exact) mass is 299 g/mol. The minimum atomic E-state index is -4.60. The number of guanidine groups is 1. The molecule has 0 heterocycles. The van der Waals surface area contributed by atoms with Crippen LogP contribution in [0.3, 0.4) is 0 Å². The van der Waals surface area contributed by atoms with E-state index in [9.17, 15) is 18.0 Å². The predicted molar refractivity (Wildman–Crippen MR) is 75.6 cm³/mol. The summed E-state index contributed by atoms with van der Waals surface area (Å²) < 4.78 is 39.4. The lowest BCUT2D eigenvalue weighted by Crippen LogP contribution is -2.24. The zero-order valence-corrected chi connectivity index (χ0v) is 11.7. The van der Waals surface area contributed by atoms with Gasteiger partial charge in [-0.25, -0.2) is 0 Å². The first-order valence-electron chi connectivity index (χ1n) is 6.11. The second-order valence-electron chi connectivity index (χ2n) is 4.51. The maximum atomic E-state index is 13.1. The van der Waals surface area contributed by atoms with Crippen molar-refractivity contribution in [3.63, 3.8) is 0 Å². The van der Waals surface area contributed by atoms with E-state index in [2.05, 4.69) is 11.6 Å². The molecule has 1 aromatic rings. The number of rotatable bonds is 3. The van der Waals surface area contributed by atoms with E-state index in [1.807, 2.05) is 0 Å². The molecule has 0 bridgehead atoms. The standard InChI is InChI=1S/C14H16F3N3O/c1-4-7(2)9-5-8(3)10(12(21)20-13(18)19)6-11(9)14(15,16)17/h5-6H,2,4H2,1,3H3,(H4,18,19,20,21). The number of carbonyl (C=O) groups is 1. The highest BCUT2D eigenvalue weighted by molar-refractivity contribution is 6.03. The number of nitrogens with two attached hydrogens (primary N) is 2. The number of nitrogens with zero attached hydrogens (tertiary/aromatic N) is 1. The number of allylic oxidation sites excluding steroid dienone is 1. The molecule has 0 fully saturated rings. The van der Waals surface area contributed by atoms with E-state index in [1.54, 1.807) is 6.92 Å². The Morgan fingerprint density at radius 3 is 2.29 bits per heavy atom. The fourth-order valence-corrected chi connectivity index (χ4v) is 1.83. The summed E-state index contributed by atoms with van der Waals surface area (Å²) in [6.07, 6.45) is -4.24. The van der Waals surface area contributed by atoms with Crippen LogP contribution in [0.1, 0.15) is 40.4 Å². The summed E-state index contributed by atoms with van der Waals surface area (Å²) in [7, 11) is 0. The highest BCUT2D eigenvalue weighted by Gasteiger charge is 2.35. The normalized spacial score (nSPS) is 11.1. The molecule has 4 nitrogen and oxygen atoms in total. The summed E-state index contributed by atoms with van der Waals surface area (Å²) in [4.78, 5) is 15.0. The van der Waals surface area contributed by atoms with Crippen molar-refractivity contribution in [2.45, 2.75) is 26.4 Å². The van der Waals surface area contributed by atoms with Crippen molar-refractivity contribution in [2.24, 2.45) is 16.5 Å².